The molecule has 1 fully saturated rings. The molecule has 5 nitrogen and oxygen atoms in total. The van der Waals surface area contributed by atoms with Crippen LogP contribution in [0, 0.1) is 5.92 Å². The fraction of sp³-hybridized carbons (Fsp3) is 0.800. The summed E-state index contributed by atoms with van der Waals surface area (Å²) in [5.74, 6) is -0.0281. The summed E-state index contributed by atoms with van der Waals surface area (Å²) in [6.07, 6.45) is 3.03. The van der Waals surface area contributed by atoms with Gasteiger partial charge in [0.15, 0.2) is 0 Å². The lowest BCUT2D eigenvalue weighted by Crippen LogP contribution is -2.41. The minimum atomic E-state index is -0.167. The van der Waals surface area contributed by atoms with E-state index in [9.17, 15) is 9.59 Å². The molecule has 0 radical (unpaired) electrons. The maximum atomic E-state index is 11.3. The van der Waals surface area contributed by atoms with Crippen molar-refractivity contribution in [1.29, 1.82) is 0 Å². The van der Waals surface area contributed by atoms with Gasteiger partial charge in [-0.05, 0) is 12.8 Å². The van der Waals surface area contributed by atoms with Gasteiger partial charge in [0.25, 0.3) is 0 Å². The molecule has 0 aromatic carbocycles. The normalized spacial score (nSPS) is 15.5. The molecule has 0 atom stereocenters. The van der Waals surface area contributed by atoms with Crippen LogP contribution in [-0.4, -0.2) is 38.6 Å². The first-order valence-corrected chi connectivity index (χ1v) is 5.27. The van der Waals surface area contributed by atoms with Gasteiger partial charge in [0, 0.05) is 19.6 Å². The minimum absolute atomic E-state index is 0.00291. The zero-order valence-electron chi connectivity index (χ0n) is 9.04. The van der Waals surface area contributed by atoms with E-state index in [-0.39, 0.29) is 24.3 Å². The predicted octanol–water partition coefficient (Wildman–Crippen LogP) is -0.335. The first-order valence-electron chi connectivity index (χ1n) is 5.27. The van der Waals surface area contributed by atoms with Gasteiger partial charge in [-0.1, -0.05) is 6.42 Å². The van der Waals surface area contributed by atoms with Crippen molar-refractivity contribution in [3.8, 4) is 0 Å². The summed E-state index contributed by atoms with van der Waals surface area (Å²) in [5, 5.41) is 5.25. The SMILES string of the molecule is COCCNC(=O)CNC(=O)C1CCC1. The van der Waals surface area contributed by atoms with Gasteiger partial charge in [-0.3, -0.25) is 9.59 Å². The second-order valence-electron chi connectivity index (χ2n) is 3.69. The van der Waals surface area contributed by atoms with Crippen LogP contribution >= 0.6 is 0 Å². The van der Waals surface area contributed by atoms with Crippen LogP contribution in [0.3, 0.4) is 0 Å². The summed E-state index contributed by atoms with van der Waals surface area (Å²) < 4.78 is 4.78. The highest BCUT2D eigenvalue weighted by atomic mass is 16.5. The fourth-order valence-electron chi connectivity index (χ4n) is 1.34. The fourth-order valence-corrected chi connectivity index (χ4v) is 1.34. The molecule has 1 aliphatic rings. The molecule has 5 heteroatoms. The maximum absolute atomic E-state index is 11.3. The van der Waals surface area contributed by atoms with Crippen molar-refractivity contribution >= 4 is 11.8 Å². The third-order valence-corrected chi connectivity index (χ3v) is 2.53. The molecule has 0 bridgehead atoms. The Morgan fingerprint density at radius 2 is 2.07 bits per heavy atom. The van der Waals surface area contributed by atoms with Crippen LogP contribution in [0.1, 0.15) is 19.3 Å². The van der Waals surface area contributed by atoms with Crippen molar-refractivity contribution in [2.75, 3.05) is 26.8 Å². The molecule has 0 unspecified atom stereocenters. The van der Waals surface area contributed by atoms with Crippen LogP contribution in [0.25, 0.3) is 0 Å². The van der Waals surface area contributed by atoms with Gasteiger partial charge in [0.1, 0.15) is 0 Å². The lowest BCUT2D eigenvalue weighted by molar-refractivity contribution is -0.130. The molecule has 1 aliphatic carbocycles. The molecule has 1 rings (SSSR count). The lowest BCUT2D eigenvalue weighted by atomic mass is 9.85. The van der Waals surface area contributed by atoms with E-state index in [0.717, 1.165) is 19.3 Å². The van der Waals surface area contributed by atoms with Crippen LogP contribution in [0.15, 0.2) is 0 Å². The Labute approximate surface area is 89.6 Å². The van der Waals surface area contributed by atoms with Gasteiger partial charge in [-0.15, -0.1) is 0 Å². The predicted molar refractivity (Wildman–Crippen MR) is 55.2 cm³/mol. The molecule has 86 valence electrons. The summed E-state index contributed by atoms with van der Waals surface area (Å²) in [7, 11) is 1.57. The monoisotopic (exact) mass is 214 g/mol. The van der Waals surface area contributed by atoms with Crippen molar-refractivity contribution < 1.29 is 14.3 Å². The third-order valence-electron chi connectivity index (χ3n) is 2.53. The number of amides is 2. The Bertz CT molecular complexity index is 227. The molecule has 0 aromatic heterocycles. The molecular formula is C10H18N2O3. The number of hydrogen-bond acceptors (Lipinski definition) is 3. The molecular weight excluding hydrogens is 196 g/mol. The highest BCUT2D eigenvalue weighted by Gasteiger charge is 2.24. The van der Waals surface area contributed by atoms with Crippen molar-refractivity contribution in [1.82, 2.24) is 10.6 Å². The Morgan fingerprint density at radius 1 is 1.33 bits per heavy atom. The smallest absolute Gasteiger partial charge is 0.239 e. The Kier molecular flexibility index (Phi) is 5.10. The van der Waals surface area contributed by atoms with Crippen LogP contribution in [0.5, 0.6) is 0 Å². The van der Waals surface area contributed by atoms with Crippen molar-refractivity contribution in [3.05, 3.63) is 0 Å². The summed E-state index contributed by atoms with van der Waals surface area (Å²) in [6.45, 7) is 1.04. The third kappa shape index (κ3) is 4.29. The molecule has 2 amide bonds. The average molecular weight is 214 g/mol. The summed E-state index contributed by atoms with van der Waals surface area (Å²) >= 11 is 0. The van der Waals surface area contributed by atoms with Crippen molar-refractivity contribution in [3.63, 3.8) is 0 Å². The van der Waals surface area contributed by atoms with Crippen LogP contribution in [-0.2, 0) is 14.3 Å². The number of rotatable bonds is 6. The first kappa shape index (κ1) is 12.0. The van der Waals surface area contributed by atoms with E-state index in [4.69, 9.17) is 4.74 Å². The van der Waals surface area contributed by atoms with Crippen molar-refractivity contribution in [2.24, 2.45) is 5.92 Å². The van der Waals surface area contributed by atoms with Crippen LogP contribution in [0.4, 0.5) is 0 Å². The van der Waals surface area contributed by atoms with E-state index in [0.29, 0.717) is 13.2 Å². The van der Waals surface area contributed by atoms with Gasteiger partial charge < -0.3 is 15.4 Å². The van der Waals surface area contributed by atoms with Gasteiger partial charge in [-0.25, -0.2) is 0 Å². The number of methoxy groups -OCH3 is 1. The van der Waals surface area contributed by atoms with Gasteiger partial charge >= 0.3 is 0 Å². The first-order chi connectivity index (χ1) is 7.24. The minimum Gasteiger partial charge on any atom is -0.383 e. The summed E-state index contributed by atoms with van der Waals surface area (Å²) in [5.41, 5.74) is 0. The number of carbonyl (C=O) groups is 2. The Balaban J connectivity index is 2.02. The Hall–Kier alpha value is -1.10. The van der Waals surface area contributed by atoms with Crippen LogP contribution < -0.4 is 10.6 Å². The van der Waals surface area contributed by atoms with Crippen LogP contribution in [0.2, 0.25) is 0 Å². The van der Waals surface area contributed by atoms with E-state index in [1.54, 1.807) is 7.11 Å². The molecule has 0 saturated heterocycles. The second-order valence-corrected chi connectivity index (χ2v) is 3.69. The summed E-state index contributed by atoms with van der Waals surface area (Å²) in [6, 6.07) is 0. The zero-order valence-corrected chi connectivity index (χ0v) is 9.04. The Morgan fingerprint density at radius 3 is 2.60 bits per heavy atom. The zero-order chi connectivity index (χ0) is 11.1. The van der Waals surface area contributed by atoms with Gasteiger partial charge in [0.2, 0.25) is 11.8 Å². The molecule has 15 heavy (non-hydrogen) atoms. The standard InChI is InChI=1S/C10H18N2O3/c1-15-6-5-11-9(13)7-12-10(14)8-3-2-4-8/h8H,2-7H2,1H3,(H,11,13)(H,12,14). The quantitative estimate of drug-likeness (QED) is 0.595. The van der Waals surface area contributed by atoms with Crippen molar-refractivity contribution in [2.45, 2.75) is 19.3 Å². The molecule has 0 heterocycles. The molecule has 2 N–H and O–H groups in total. The number of hydrogen-bond donors (Lipinski definition) is 2. The number of carbonyl (C=O) groups excluding carboxylic acids is 2. The van der Waals surface area contributed by atoms with E-state index >= 15 is 0 Å². The average Bonchev–Trinajstić information content (AvgIpc) is 2.12. The molecule has 1 saturated carbocycles. The second kappa shape index (κ2) is 6.40. The van der Waals surface area contributed by atoms with E-state index in [1.165, 1.54) is 0 Å². The molecule has 0 spiro atoms. The van der Waals surface area contributed by atoms with E-state index in [1.807, 2.05) is 0 Å². The summed E-state index contributed by atoms with van der Waals surface area (Å²) in [4.78, 5) is 22.5. The van der Waals surface area contributed by atoms with Gasteiger partial charge in [-0.2, -0.15) is 0 Å². The largest absolute Gasteiger partial charge is 0.383 e. The van der Waals surface area contributed by atoms with E-state index < -0.39 is 0 Å². The molecule has 0 aromatic rings. The highest BCUT2D eigenvalue weighted by molar-refractivity contribution is 5.86. The van der Waals surface area contributed by atoms with E-state index in [2.05, 4.69) is 10.6 Å². The number of nitrogens with one attached hydrogen (secondary N) is 2. The molecule has 0 aliphatic heterocycles. The maximum Gasteiger partial charge on any atom is 0.239 e. The topological polar surface area (TPSA) is 67.4 Å². The highest BCUT2D eigenvalue weighted by Crippen LogP contribution is 2.25. The number of ether oxygens (including phenoxy) is 1. The van der Waals surface area contributed by atoms with Gasteiger partial charge in [0.05, 0.1) is 13.2 Å². The lowest BCUT2D eigenvalue weighted by Gasteiger charge is -2.23.